The lowest BCUT2D eigenvalue weighted by Crippen LogP contribution is -2.38. The van der Waals surface area contributed by atoms with Crippen LogP contribution in [0.1, 0.15) is 70.7 Å². The highest BCUT2D eigenvalue weighted by Crippen LogP contribution is 2.42. The second-order valence-corrected chi connectivity index (χ2v) is 11.1. The first-order valence-electron chi connectivity index (χ1n) is 14.6. The molecule has 0 radical (unpaired) electrons. The second-order valence-electron chi connectivity index (χ2n) is 11.1. The number of benzene rings is 2. The normalized spacial score (nSPS) is 16.8. The Hall–Kier alpha value is -3.52. The molecular formula is C33H46N2O6. The number of Topliss-reactive ketones (excluding diaryl/α,β-unsaturated/α-hetero) is 1. The molecule has 224 valence electrons. The van der Waals surface area contributed by atoms with Gasteiger partial charge in [0, 0.05) is 18.7 Å². The van der Waals surface area contributed by atoms with Gasteiger partial charge in [0.15, 0.2) is 11.5 Å². The fourth-order valence-corrected chi connectivity index (χ4v) is 4.96. The zero-order valence-electron chi connectivity index (χ0n) is 25.8. The van der Waals surface area contributed by atoms with E-state index in [-0.39, 0.29) is 17.4 Å². The van der Waals surface area contributed by atoms with Gasteiger partial charge in [-0.3, -0.25) is 9.59 Å². The molecule has 1 unspecified atom stereocenters. The van der Waals surface area contributed by atoms with Crippen LogP contribution in [0, 0.1) is 12.8 Å². The smallest absolute Gasteiger partial charge is 0.295 e. The molecule has 8 heteroatoms. The minimum absolute atomic E-state index is 0.00316. The van der Waals surface area contributed by atoms with Gasteiger partial charge in [0.05, 0.1) is 31.4 Å². The maximum Gasteiger partial charge on any atom is 0.295 e. The van der Waals surface area contributed by atoms with E-state index < -0.39 is 17.7 Å². The van der Waals surface area contributed by atoms with Gasteiger partial charge in [-0.05, 0) is 87.7 Å². The van der Waals surface area contributed by atoms with E-state index in [1.165, 1.54) is 0 Å². The number of aliphatic hydroxyl groups excluding tert-OH is 1. The van der Waals surface area contributed by atoms with E-state index in [9.17, 15) is 14.7 Å². The predicted octanol–water partition coefficient (Wildman–Crippen LogP) is 5.98. The third-order valence-corrected chi connectivity index (χ3v) is 7.36. The quantitative estimate of drug-likeness (QED) is 0.171. The molecule has 1 aliphatic heterocycles. The first kappa shape index (κ1) is 32.0. The number of likely N-dealkylation sites (N-methyl/N-ethyl adjacent to an activating group) is 1. The van der Waals surface area contributed by atoms with Crippen LogP contribution in [0.5, 0.6) is 17.2 Å². The Kier molecular flexibility index (Phi) is 11.2. The maximum absolute atomic E-state index is 13.5. The Balaban J connectivity index is 2.10. The Morgan fingerprint density at radius 3 is 2.27 bits per heavy atom. The summed E-state index contributed by atoms with van der Waals surface area (Å²) in [5, 5.41) is 11.5. The van der Waals surface area contributed by atoms with Gasteiger partial charge in [0.2, 0.25) is 0 Å². The van der Waals surface area contributed by atoms with Crippen LogP contribution in [0.25, 0.3) is 5.76 Å². The van der Waals surface area contributed by atoms with E-state index in [0.29, 0.717) is 54.0 Å². The molecular weight excluding hydrogens is 520 g/mol. The van der Waals surface area contributed by atoms with Crippen LogP contribution in [0.4, 0.5) is 0 Å². The Labute approximate surface area is 244 Å². The molecule has 1 saturated heterocycles. The van der Waals surface area contributed by atoms with Crippen molar-refractivity contribution in [2.45, 2.75) is 67.0 Å². The fourth-order valence-electron chi connectivity index (χ4n) is 4.96. The van der Waals surface area contributed by atoms with Crippen molar-refractivity contribution >= 4 is 17.4 Å². The van der Waals surface area contributed by atoms with Gasteiger partial charge in [-0.2, -0.15) is 0 Å². The number of hydrogen-bond acceptors (Lipinski definition) is 7. The number of carbonyl (C=O) groups is 2. The summed E-state index contributed by atoms with van der Waals surface area (Å²) < 4.78 is 17.5. The molecule has 2 aromatic carbocycles. The van der Waals surface area contributed by atoms with Crippen molar-refractivity contribution in [3.63, 3.8) is 0 Å². The summed E-state index contributed by atoms with van der Waals surface area (Å²) in [6.07, 6.45) is 0.896. The van der Waals surface area contributed by atoms with E-state index in [0.717, 1.165) is 25.1 Å². The molecule has 1 heterocycles. The van der Waals surface area contributed by atoms with Gasteiger partial charge in [-0.1, -0.05) is 33.8 Å². The van der Waals surface area contributed by atoms with Crippen LogP contribution in [-0.4, -0.2) is 72.6 Å². The highest BCUT2D eigenvalue weighted by molar-refractivity contribution is 6.46. The van der Waals surface area contributed by atoms with E-state index in [1.54, 1.807) is 42.3 Å². The zero-order valence-corrected chi connectivity index (χ0v) is 25.8. The third kappa shape index (κ3) is 7.61. The molecule has 0 aliphatic carbocycles. The van der Waals surface area contributed by atoms with Crippen molar-refractivity contribution in [1.29, 1.82) is 0 Å². The summed E-state index contributed by atoms with van der Waals surface area (Å²) in [5.41, 5.74) is 1.99. The van der Waals surface area contributed by atoms with Crippen molar-refractivity contribution in [2.24, 2.45) is 5.92 Å². The first-order valence-corrected chi connectivity index (χ1v) is 14.6. The number of likely N-dealkylation sites (tertiary alicyclic amines) is 1. The summed E-state index contributed by atoms with van der Waals surface area (Å²) in [6, 6.07) is 9.93. The van der Waals surface area contributed by atoms with Crippen LogP contribution in [0.2, 0.25) is 0 Å². The van der Waals surface area contributed by atoms with Gasteiger partial charge >= 0.3 is 0 Å². The number of hydrogen-bond donors (Lipinski definition) is 1. The molecule has 0 saturated carbocycles. The molecule has 1 fully saturated rings. The van der Waals surface area contributed by atoms with Crippen LogP contribution in [0.15, 0.2) is 42.0 Å². The molecule has 1 N–H and O–H groups in total. The number of nitrogens with zero attached hydrogens (tertiary/aromatic N) is 2. The number of aliphatic hydroxyl groups is 1. The zero-order chi connectivity index (χ0) is 30.3. The average molecular weight is 567 g/mol. The largest absolute Gasteiger partial charge is 0.507 e. The molecule has 8 nitrogen and oxygen atoms in total. The van der Waals surface area contributed by atoms with Crippen molar-refractivity contribution in [2.75, 3.05) is 39.9 Å². The molecule has 0 spiro atoms. The number of ketones is 1. The number of amides is 1. The summed E-state index contributed by atoms with van der Waals surface area (Å²) in [5.74, 6) is 0.750. The van der Waals surface area contributed by atoms with Gasteiger partial charge in [-0.25, -0.2) is 0 Å². The molecule has 2 aromatic rings. The SMILES string of the molecule is CCN(CC)CCN1C(=O)C(=O)C(=C(O)c2ccc(OC(C)C)c(C)c2)C1c1ccc(OCCC(C)C)c(OC)c1. The minimum Gasteiger partial charge on any atom is -0.507 e. The number of ether oxygens (including phenoxy) is 3. The van der Waals surface area contributed by atoms with Crippen molar-refractivity contribution in [3.05, 3.63) is 58.7 Å². The van der Waals surface area contributed by atoms with Gasteiger partial charge in [0.1, 0.15) is 11.5 Å². The van der Waals surface area contributed by atoms with Crippen LogP contribution < -0.4 is 14.2 Å². The Bertz CT molecular complexity index is 1250. The van der Waals surface area contributed by atoms with Crippen molar-refractivity contribution in [3.8, 4) is 17.2 Å². The molecule has 1 aliphatic rings. The molecule has 1 amide bonds. The lowest BCUT2D eigenvalue weighted by Gasteiger charge is -2.28. The first-order chi connectivity index (χ1) is 19.5. The summed E-state index contributed by atoms with van der Waals surface area (Å²) in [4.78, 5) is 30.7. The van der Waals surface area contributed by atoms with E-state index in [4.69, 9.17) is 14.2 Å². The molecule has 0 bridgehead atoms. The number of methoxy groups -OCH3 is 1. The summed E-state index contributed by atoms with van der Waals surface area (Å²) in [7, 11) is 1.56. The second kappa shape index (κ2) is 14.4. The Morgan fingerprint density at radius 1 is 1.00 bits per heavy atom. The Morgan fingerprint density at radius 2 is 1.68 bits per heavy atom. The maximum atomic E-state index is 13.5. The van der Waals surface area contributed by atoms with E-state index in [2.05, 4.69) is 32.6 Å². The highest BCUT2D eigenvalue weighted by Gasteiger charge is 2.46. The lowest BCUT2D eigenvalue weighted by atomic mass is 9.94. The third-order valence-electron chi connectivity index (χ3n) is 7.36. The van der Waals surface area contributed by atoms with Crippen molar-refractivity contribution in [1.82, 2.24) is 9.80 Å². The topological polar surface area (TPSA) is 88.5 Å². The van der Waals surface area contributed by atoms with Gasteiger partial charge < -0.3 is 29.1 Å². The molecule has 41 heavy (non-hydrogen) atoms. The summed E-state index contributed by atoms with van der Waals surface area (Å²) in [6.45, 7) is 17.3. The van der Waals surface area contributed by atoms with Gasteiger partial charge in [-0.15, -0.1) is 0 Å². The van der Waals surface area contributed by atoms with Crippen LogP contribution in [0.3, 0.4) is 0 Å². The average Bonchev–Trinajstić information content (AvgIpc) is 3.19. The fraction of sp³-hybridized carbons (Fsp3) is 0.515. The van der Waals surface area contributed by atoms with Gasteiger partial charge in [0.25, 0.3) is 11.7 Å². The molecule has 1 atom stereocenters. The number of rotatable bonds is 14. The van der Waals surface area contributed by atoms with E-state index in [1.807, 2.05) is 26.8 Å². The molecule has 0 aromatic heterocycles. The number of carbonyl (C=O) groups excluding carboxylic acids is 2. The minimum atomic E-state index is -0.781. The monoisotopic (exact) mass is 566 g/mol. The highest BCUT2D eigenvalue weighted by atomic mass is 16.5. The van der Waals surface area contributed by atoms with Crippen LogP contribution in [-0.2, 0) is 9.59 Å². The molecule has 3 rings (SSSR count). The van der Waals surface area contributed by atoms with Crippen LogP contribution >= 0.6 is 0 Å². The standard InChI is InChI=1S/C33H46N2O6/c1-9-34(10-2)16-17-35-30(24-11-14-27(28(20-24)39-8)40-18-15-21(3)4)29(32(37)33(35)38)31(36)25-12-13-26(23(7)19-25)41-22(5)6/h11-14,19-22,30,36H,9-10,15-18H2,1-8H3. The number of aryl methyl sites for hydroxylation is 1. The van der Waals surface area contributed by atoms with E-state index >= 15 is 0 Å². The van der Waals surface area contributed by atoms with Crippen molar-refractivity contribution < 1.29 is 28.9 Å². The predicted molar refractivity (Wildman–Crippen MR) is 162 cm³/mol. The summed E-state index contributed by atoms with van der Waals surface area (Å²) >= 11 is 0. The lowest BCUT2D eigenvalue weighted by molar-refractivity contribution is -0.140.